The number of rotatable bonds is 4. The summed E-state index contributed by atoms with van der Waals surface area (Å²) in [5, 5.41) is 3.37. The smallest absolute Gasteiger partial charge is 0.188 e. The molecule has 4 nitrogen and oxygen atoms in total. The SMILES string of the molecule is CC1(CN=C(N)NC2CCCC2)CCOC1C1CC1. The average molecular weight is 265 g/mol. The highest BCUT2D eigenvalue weighted by atomic mass is 16.5. The Morgan fingerprint density at radius 1 is 1.32 bits per heavy atom. The van der Waals surface area contributed by atoms with Crippen molar-refractivity contribution in [2.75, 3.05) is 13.2 Å². The molecule has 2 aliphatic carbocycles. The van der Waals surface area contributed by atoms with Crippen molar-refractivity contribution in [1.29, 1.82) is 0 Å². The summed E-state index contributed by atoms with van der Waals surface area (Å²) in [4.78, 5) is 4.61. The van der Waals surface area contributed by atoms with Crippen molar-refractivity contribution >= 4 is 5.96 Å². The standard InChI is InChI=1S/C15H27N3O/c1-15(8-9-19-13(15)11-6-7-11)10-17-14(16)18-12-4-2-3-5-12/h11-13H,2-10H2,1H3,(H3,16,17,18). The fourth-order valence-corrected chi connectivity index (χ4v) is 3.63. The molecule has 1 aliphatic heterocycles. The molecule has 3 aliphatic rings. The van der Waals surface area contributed by atoms with Crippen LogP contribution in [0.1, 0.15) is 51.9 Å². The highest BCUT2D eigenvalue weighted by Gasteiger charge is 2.47. The van der Waals surface area contributed by atoms with E-state index in [9.17, 15) is 0 Å². The summed E-state index contributed by atoms with van der Waals surface area (Å²) in [5.41, 5.74) is 6.22. The van der Waals surface area contributed by atoms with E-state index in [1.807, 2.05) is 0 Å². The Bertz CT molecular complexity index is 347. The Morgan fingerprint density at radius 2 is 2.05 bits per heavy atom. The van der Waals surface area contributed by atoms with Crippen molar-refractivity contribution in [3.63, 3.8) is 0 Å². The fraction of sp³-hybridized carbons (Fsp3) is 0.933. The summed E-state index contributed by atoms with van der Waals surface area (Å²) in [6, 6.07) is 0.551. The highest BCUT2D eigenvalue weighted by molar-refractivity contribution is 5.78. The maximum Gasteiger partial charge on any atom is 0.188 e. The van der Waals surface area contributed by atoms with E-state index in [4.69, 9.17) is 10.5 Å². The lowest BCUT2D eigenvalue weighted by Gasteiger charge is -2.28. The van der Waals surface area contributed by atoms with Gasteiger partial charge in [0.05, 0.1) is 12.6 Å². The molecule has 0 spiro atoms. The van der Waals surface area contributed by atoms with Crippen LogP contribution >= 0.6 is 0 Å². The number of aliphatic imine (C=N–C) groups is 1. The lowest BCUT2D eigenvalue weighted by molar-refractivity contribution is 0.0425. The molecule has 2 saturated carbocycles. The zero-order valence-electron chi connectivity index (χ0n) is 12.0. The predicted molar refractivity (Wildman–Crippen MR) is 77.1 cm³/mol. The molecular weight excluding hydrogens is 238 g/mol. The van der Waals surface area contributed by atoms with Gasteiger partial charge in [-0.1, -0.05) is 19.8 Å². The quantitative estimate of drug-likeness (QED) is 0.604. The van der Waals surface area contributed by atoms with Crippen molar-refractivity contribution in [3.05, 3.63) is 0 Å². The van der Waals surface area contributed by atoms with Gasteiger partial charge in [-0.15, -0.1) is 0 Å². The topological polar surface area (TPSA) is 59.6 Å². The van der Waals surface area contributed by atoms with Gasteiger partial charge in [-0.2, -0.15) is 0 Å². The lowest BCUT2D eigenvalue weighted by atomic mass is 9.81. The molecule has 3 fully saturated rings. The van der Waals surface area contributed by atoms with Crippen LogP contribution in [0, 0.1) is 11.3 Å². The molecule has 0 amide bonds. The van der Waals surface area contributed by atoms with Crippen LogP contribution < -0.4 is 11.1 Å². The fourth-order valence-electron chi connectivity index (χ4n) is 3.63. The van der Waals surface area contributed by atoms with Crippen molar-refractivity contribution < 1.29 is 4.74 Å². The van der Waals surface area contributed by atoms with Gasteiger partial charge in [-0.25, -0.2) is 0 Å². The summed E-state index contributed by atoms with van der Waals surface area (Å²) >= 11 is 0. The molecule has 19 heavy (non-hydrogen) atoms. The molecule has 1 heterocycles. The summed E-state index contributed by atoms with van der Waals surface area (Å²) in [6.07, 6.45) is 9.31. The first-order valence-electron chi connectivity index (χ1n) is 7.85. The van der Waals surface area contributed by atoms with Crippen LogP contribution in [0.15, 0.2) is 4.99 Å². The van der Waals surface area contributed by atoms with Gasteiger partial charge in [0.25, 0.3) is 0 Å². The summed E-state index contributed by atoms with van der Waals surface area (Å²) in [5.74, 6) is 1.42. The van der Waals surface area contributed by atoms with E-state index in [1.165, 1.54) is 38.5 Å². The zero-order valence-corrected chi connectivity index (χ0v) is 12.0. The van der Waals surface area contributed by atoms with E-state index in [2.05, 4.69) is 17.2 Å². The van der Waals surface area contributed by atoms with E-state index in [1.54, 1.807) is 0 Å². The number of nitrogens with zero attached hydrogens (tertiary/aromatic N) is 1. The number of ether oxygens (including phenoxy) is 1. The molecule has 0 aromatic heterocycles. The second-order valence-electron chi connectivity index (χ2n) is 6.86. The number of nitrogens with two attached hydrogens (primary N) is 1. The Morgan fingerprint density at radius 3 is 2.74 bits per heavy atom. The van der Waals surface area contributed by atoms with Crippen LogP contribution in [-0.2, 0) is 4.74 Å². The normalized spacial score (nSPS) is 36.9. The van der Waals surface area contributed by atoms with Gasteiger partial charge < -0.3 is 15.8 Å². The minimum absolute atomic E-state index is 0.198. The molecule has 0 aromatic rings. The minimum atomic E-state index is 0.198. The van der Waals surface area contributed by atoms with Crippen LogP contribution in [0.25, 0.3) is 0 Å². The van der Waals surface area contributed by atoms with Crippen molar-refractivity contribution in [2.24, 2.45) is 22.1 Å². The third kappa shape index (κ3) is 3.04. The van der Waals surface area contributed by atoms with E-state index < -0.39 is 0 Å². The third-order valence-electron chi connectivity index (χ3n) is 5.03. The van der Waals surface area contributed by atoms with Crippen molar-refractivity contribution in [3.8, 4) is 0 Å². The Hall–Kier alpha value is -0.770. The molecule has 1 saturated heterocycles. The lowest BCUT2D eigenvalue weighted by Crippen LogP contribution is -2.40. The Labute approximate surface area is 116 Å². The molecule has 3 N–H and O–H groups in total. The average Bonchev–Trinajstić information content (AvgIpc) is 2.96. The van der Waals surface area contributed by atoms with Crippen LogP contribution in [0.5, 0.6) is 0 Å². The molecule has 0 aromatic carbocycles. The van der Waals surface area contributed by atoms with Crippen LogP contribution in [0.4, 0.5) is 0 Å². The largest absolute Gasteiger partial charge is 0.377 e. The third-order valence-corrected chi connectivity index (χ3v) is 5.03. The molecular formula is C15H27N3O. The number of hydrogen-bond acceptors (Lipinski definition) is 2. The van der Waals surface area contributed by atoms with Crippen LogP contribution in [0.2, 0.25) is 0 Å². The first-order valence-corrected chi connectivity index (χ1v) is 7.85. The second kappa shape index (κ2) is 5.31. The van der Waals surface area contributed by atoms with Gasteiger partial charge in [0.1, 0.15) is 0 Å². The van der Waals surface area contributed by atoms with Gasteiger partial charge in [0.2, 0.25) is 0 Å². The summed E-state index contributed by atoms with van der Waals surface area (Å²) in [6.45, 7) is 4.01. The first-order chi connectivity index (χ1) is 9.17. The van der Waals surface area contributed by atoms with Gasteiger partial charge in [-0.3, -0.25) is 4.99 Å². The summed E-state index contributed by atoms with van der Waals surface area (Å²) in [7, 11) is 0. The molecule has 4 heteroatoms. The maximum atomic E-state index is 6.03. The minimum Gasteiger partial charge on any atom is -0.377 e. The molecule has 2 atom stereocenters. The van der Waals surface area contributed by atoms with E-state index >= 15 is 0 Å². The molecule has 2 unspecified atom stereocenters. The highest BCUT2D eigenvalue weighted by Crippen LogP contribution is 2.47. The molecule has 0 radical (unpaired) electrons. The number of nitrogens with one attached hydrogen (secondary N) is 1. The summed E-state index contributed by atoms with van der Waals surface area (Å²) < 4.78 is 5.93. The Kier molecular flexibility index (Phi) is 3.70. The van der Waals surface area contributed by atoms with Crippen molar-refractivity contribution in [1.82, 2.24) is 5.32 Å². The monoisotopic (exact) mass is 265 g/mol. The van der Waals surface area contributed by atoms with Gasteiger partial charge in [-0.05, 0) is 38.0 Å². The Balaban J connectivity index is 1.54. The predicted octanol–water partition coefficient (Wildman–Crippen LogP) is 2.04. The van der Waals surface area contributed by atoms with E-state index in [0.29, 0.717) is 18.1 Å². The zero-order chi connectivity index (χ0) is 13.3. The maximum absolute atomic E-state index is 6.03. The number of hydrogen-bond donors (Lipinski definition) is 2. The van der Waals surface area contributed by atoms with Gasteiger partial charge in [0.15, 0.2) is 5.96 Å². The van der Waals surface area contributed by atoms with E-state index in [0.717, 1.165) is 25.5 Å². The molecule has 108 valence electrons. The van der Waals surface area contributed by atoms with Gasteiger partial charge >= 0.3 is 0 Å². The second-order valence-corrected chi connectivity index (χ2v) is 6.86. The molecule has 0 bridgehead atoms. The van der Waals surface area contributed by atoms with E-state index in [-0.39, 0.29) is 5.41 Å². The molecule has 3 rings (SSSR count). The van der Waals surface area contributed by atoms with Gasteiger partial charge in [0, 0.05) is 18.1 Å². The van der Waals surface area contributed by atoms with Crippen LogP contribution in [0.3, 0.4) is 0 Å². The van der Waals surface area contributed by atoms with Crippen molar-refractivity contribution in [2.45, 2.75) is 64.0 Å². The first kappa shape index (κ1) is 13.2. The van der Waals surface area contributed by atoms with Crippen LogP contribution in [-0.4, -0.2) is 31.3 Å². The number of guanidine groups is 1.